The van der Waals surface area contributed by atoms with Crippen LogP contribution in [0.4, 0.5) is 0 Å². The third kappa shape index (κ3) is 3.15. The Morgan fingerprint density at radius 2 is 2.05 bits per heavy atom. The molecule has 1 aromatic heterocycles. The normalized spacial score (nSPS) is 17.2. The van der Waals surface area contributed by atoms with Crippen LogP contribution >= 0.6 is 0 Å². The third-order valence-electron chi connectivity index (χ3n) is 4.12. The Balaban J connectivity index is 1.84. The van der Waals surface area contributed by atoms with Crippen LogP contribution in [0.3, 0.4) is 0 Å². The zero-order valence-corrected chi connectivity index (χ0v) is 13.3. The van der Waals surface area contributed by atoms with Gasteiger partial charge < -0.3 is 15.2 Å². The van der Waals surface area contributed by atoms with Crippen molar-refractivity contribution in [3.05, 3.63) is 17.2 Å². The summed E-state index contributed by atoms with van der Waals surface area (Å²) >= 11 is 0. The van der Waals surface area contributed by atoms with Gasteiger partial charge in [0.1, 0.15) is 5.69 Å². The second-order valence-corrected chi connectivity index (χ2v) is 6.69. The van der Waals surface area contributed by atoms with Crippen molar-refractivity contribution in [2.24, 2.45) is 5.92 Å². The fourth-order valence-corrected chi connectivity index (χ4v) is 2.76. The van der Waals surface area contributed by atoms with E-state index < -0.39 is 0 Å². The zero-order chi connectivity index (χ0) is 15.7. The van der Waals surface area contributed by atoms with Crippen molar-refractivity contribution < 1.29 is 9.59 Å². The molecule has 1 aliphatic carbocycles. The minimum absolute atomic E-state index is 0.145. The molecule has 1 aliphatic heterocycles. The average molecular weight is 304 g/mol. The van der Waals surface area contributed by atoms with Crippen molar-refractivity contribution >= 4 is 11.8 Å². The molecular weight excluding hydrogens is 280 g/mol. The molecule has 6 heteroatoms. The second-order valence-electron chi connectivity index (χ2n) is 6.69. The molecule has 6 nitrogen and oxygen atoms in total. The number of rotatable bonds is 5. The molecule has 2 heterocycles. The van der Waals surface area contributed by atoms with Gasteiger partial charge in [-0.05, 0) is 38.0 Å². The Hall–Kier alpha value is -1.85. The number of nitrogens with zero attached hydrogens (tertiary/aromatic N) is 2. The molecular formula is C16H24N4O2. The molecule has 22 heavy (non-hydrogen) atoms. The van der Waals surface area contributed by atoms with Crippen LogP contribution in [0.1, 0.15) is 66.3 Å². The minimum Gasteiger partial charge on any atom is -0.350 e. The van der Waals surface area contributed by atoms with Gasteiger partial charge >= 0.3 is 0 Å². The maximum absolute atomic E-state index is 12.4. The second kappa shape index (κ2) is 6.10. The molecule has 120 valence electrons. The monoisotopic (exact) mass is 304 g/mol. The van der Waals surface area contributed by atoms with Gasteiger partial charge in [-0.3, -0.25) is 9.59 Å². The predicted molar refractivity (Wildman–Crippen MR) is 82.8 cm³/mol. The lowest BCUT2D eigenvalue weighted by Gasteiger charge is -2.17. The molecule has 0 radical (unpaired) electrons. The first-order valence-corrected chi connectivity index (χ1v) is 8.24. The van der Waals surface area contributed by atoms with E-state index in [2.05, 4.69) is 29.5 Å². The fourth-order valence-electron chi connectivity index (χ4n) is 2.76. The first kappa shape index (κ1) is 15.1. The van der Waals surface area contributed by atoms with Gasteiger partial charge in [-0.1, -0.05) is 13.8 Å². The lowest BCUT2D eigenvalue weighted by Crippen LogP contribution is -2.29. The molecule has 2 amide bonds. The molecule has 0 atom stereocenters. The fraction of sp³-hybridized carbons (Fsp3) is 0.688. The molecule has 2 aliphatic rings. The average Bonchev–Trinajstić information content (AvgIpc) is 3.22. The number of carbonyl (C=O) groups is 2. The summed E-state index contributed by atoms with van der Waals surface area (Å²) in [5.74, 6) is 0.481. The third-order valence-corrected chi connectivity index (χ3v) is 4.12. The van der Waals surface area contributed by atoms with Gasteiger partial charge in [0.05, 0.1) is 5.69 Å². The van der Waals surface area contributed by atoms with Gasteiger partial charge in [0.15, 0.2) is 5.82 Å². The van der Waals surface area contributed by atoms with Crippen LogP contribution in [-0.4, -0.2) is 34.0 Å². The van der Waals surface area contributed by atoms with Crippen molar-refractivity contribution in [1.29, 1.82) is 0 Å². The first-order valence-electron chi connectivity index (χ1n) is 8.24. The topological polar surface area (TPSA) is 76.0 Å². The summed E-state index contributed by atoms with van der Waals surface area (Å²) in [7, 11) is 0. The van der Waals surface area contributed by atoms with E-state index in [-0.39, 0.29) is 11.8 Å². The van der Waals surface area contributed by atoms with E-state index in [0.717, 1.165) is 44.3 Å². The Morgan fingerprint density at radius 1 is 1.27 bits per heavy atom. The standard InChI is InChI=1S/C16H24N4O2/c1-10(2)9-17-15(21)13-12-5-3-4-8-20(12)14(19-13)16(22)18-11-6-7-11/h10-11H,3-9H2,1-2H3,(H,17,21)(H,18,22). The highest BCUT2D eigenvalue weighted by molar-refractivity contribution is 5.97. The predicted octanol–water partition coefficient (Wildman–Crippen LogP) is 1.50. The lowest BCUT2D eigenvalue weighted by molar-refractivity contribution is 0.0935. The van der Waals surface area contributed by atoms with Crippen LogP contribution in [0.2, 0.25) is 0 Å². The van der Waals surface area contributed by atoms with E-state index in [9.17, 15) is 9.59 Å². The van der Waals surface area contributed by atoms with Gasteiger partial charge in [0.25, 0.3) is 11.8 Å². The Bertz CT molecular complexity index is 587. The van der Waals surface area contributed by atoms with Crippen LogP contribution in [0, 0.1) is 5.92 Å². The highest BCUT2D eigenvalue weighted by Gasteiger charge is 2.30. The van der Waals surface area contributed by atoms with Gasteiger partial charge in [-0.25, -0.2) is 4.98 Å². The number of carbonyl (C=O) groups excluding carboxylic acids is 2. The van der Waals surface area contributed by atoms with E-state index in [1.165, 1.54) is 0 Å². The highest BCUT2D eigenvalue weighted by atomic mass is 16.2. The summed E-state index contributed by atoms with van der Waals surface area (Å²) in [6.45, 7) is 5.50. The summed E-state index contributed by atoms with van der Waals surface area (Å²) in [5.41, 5.74) is 1.34. The van der Waals surface area contributed by atoms with E-state index in [0.29, 0.717) is 30.0 Å². The summed E-state index contributed by atoms with van der Waals surface area (Å²) < 4.78 is 1.94. The smallest absolute Gasteiger partial charge is 0.287 e. The molecule has 0 aromatic carbocycles. The van der Waals surface area contributed by atoms with Gasteiger partial charge in [0.2, 0.25) is 0 Å². The number of fused-ring (bicyclic) bond motifs is 1. The quantitative estimate of drug-likeness (QED) is 0.865. The van der Waals surface area contributed by atoms with Crippen LogP contribution in [0.5, 0.6) is 0 Å². The van der Waals surface area contributed by atoms with Crippen molar-refractivity contribution in [2.75, 3.05) is 6.54 Å². The van der Waals surface area contributed by atoms with Crippen LogP contribution in [0.25, 0.3) is 0 Å². The molecule has 2 N–H and O–H groups in total. The van der Waals surface area contributed by atoms with Gasteiger partial charge in [-0.15, -0.1) is 0 Å². The minimum atomic E-state index is -0.162. The van der Waals surface area contributed by atoms with Crippen molar-refractivity contribution in [3.8, 4) is 0 Å². The van der Waals surface area contributed by atoms with Crippen LogP contribution < -0.4 is 10.6 Å². The van der Waals surface area contributed by atoms with Crippen molar-refractivity contribution in [3.63, 3.8) is 0 Å². The summed E-state index contributed by atoms with van der Waals surface area (Å²) in [4.78, 5) is 29.1. The molecule has 1 aromatic rings. The largest absolute Gasteiger partial charge is 0.350 e. The zero-order valence-electron chi connectivity index (χ0n) is 13.3. The number of imidazole rings is 1. The first-order chi connectivity index (χ1) is 10.6. The van der Waals surface area contributed by atoms with Gasteiger partial charge in [0, 0.05) is 19.1 Å². The number of hydrogen-bond donors (Lipinski definition) is 2. The summed E-state index contributed by atoms with van der Waals surface area (Å²) in [6, 6.07) is 0.294. The molecule has 0 saturated heterocycles. The number of hydrogen-bond acceptors (Lipinski definition) is 3. The van der Waals surface area contributed by atoms with Crippen LogP contribution in [0.15, 0.2) is 0 Å². The van der Waals surface area contributed by atoms with Crippen molar-refractivity contribution in [2.45, 2.75) is 58.5 Å². The highest BCUT2D eigenvalue weighted by Crippen LogP contribution is 2.23. The number of aromatic nitrogens is 2. The molecule has 0 bridgehead atoms. The molecule has 0 unspecified atom stereocenters. The van der Waals surface area contributed by atoms with E-state index >= 15 is 0 Å². The maximum Gasteiger partial charge on any atom is 0.287 e. The number of nitrogens with one attached hydrogen (secondary N) is 2. The van der Waals surface area contributed by atoms with E-state index in [4.69, 9.17) is 0 Å². The molecule has 1 fully saturated rings. The van der Waals surface area contributed by atoms with Gasteiger partial charge in [-0.2, -0.15) is 0 Å². The molecule has 1 saturated carbocycles. The Labute approximate surface area is 130 Å². The Kier molecular flexibility index (Phi) is 4.18. The SMILES string of the molecule is CC(C)CNC(=O)c1nc(C(=O)NC2CC2)n2c1CCCC2. The van der Waals surface area contributed by atoms with E-state index in [1.54, 1.807) is 0 Å². The number of amides is 2. The lowest BCUT2D eigenvalue weighted by atomic mass is 10.1. The van der Waals surface area contributed by atoms with E-state index in [1.807, 2.05) is 4.57 Å². The molecule has 0 spiro atoms. The summed E-state index contributed by atoms with van der Waals surface area (Å²) in [5, 5.41) is 5.88. The van der Waals surface area contributed by atoms with Crippen LogP contribution in [-0.2, 0) is 13.0 Å². The van der Waals surface area contributed by atoms with Crippen molar-refractivity contribution in [1.82, 2.24) is 20.2 Å². The summed E-state index contributed by atoms with van der Waals surface area (Å²) in [6.07, 6.45) is 4.97. The maximum atomic E-state index is 12.4. The Morgan fingerprint density at radius 3 is 2.73 bits per heavy atom. The molecule has 3 rings (SSSR count).